The number of nitrogens with one attached hydrogen (secondary N) is 1. The zero-order chi connectivity index (χ0) is 17.8. The molecule has 0 bridgehead atoms. The molecular weight excluding hydrogens is 356 g/mol. The van der Waals surface area contributed by atoms with E-state index in [4.69, 9.17) is 15.1 Å². The van der Waals surface area contributed by atoms with Crippen molar-refractivity contribution in [1.29, 1.82) is 0 Å². The standard InChI is InChI=1S/C7H9BBrNO.C7H9BO2.C2H6/c1-8(11)10-7-4-2-6(9)3-5-7;1-6-4-2-3-5-7(6)8(9)10;1-2/h2-5,10-11H,1H3;2-5,9-10H,1H3;1-2H3. The minimum atomic E-state index is -1.35. The molecule has 0 atom stereocenters. The van der Waals surface area contributed by atoms with E-state index in [9.17, 15) is 0 Å². The average molecular weight is 380 g/mol. The van der Waals surface area contributed by atoms with E-state index >= 15 is 0 Å². The molecule has 2 aromatic rings. The molecule has 0 aliphatic carbocycles. The van der Waals surface area contributed by atoms with Gasteiger partial charge < -0.3 is 20.3 Å². The van der Waals surface area contributed by atoms with E-state index in [1.807, 2.05) is 57.2 Å². The molecular formula is C16H24B2BrNO3. The Kier molecular flexibility index (Phi) is 11.5. The molecule has 0 saturated heterocycles. The van der Waals surface area contributed by atoms with Crippen molar-refractivity contribution in [3.8, 4) is 0 Å². The van der Waals surface area contributed by atoms with E-state index in [0.717, 1.165) is 15.7 Å². The smallest absolute Gasteiger partial charge is 0.433 e. The van der Waals surface area contributed by atoms with Crippen molar-refractivity contribution < 1.29 is 15.1 Å². The Morgan fingerprint density at radius 1 is 0.913 bits per heavy atom. The molecule has 4 nitrogen and oxygen atoms in total. The molecule has 0 radical (unpaired) electrons. The maximum absolute atomic E-state index is 8.95. The maximum Gasteiger partial charge on any atom is 0.488 e. The summed E-state index contributed by atoms with van der Waals surface area (Å²) in [4.78, 5) is 0. The number of rotatable bonds is 3. The van der Waals surface area contributed by atoms with Crippen LogP contribution in [0.2, 0.25) is 6.82 Å². The average Bonchev–Trinajstić information content (AvgIpc) is 2.52. The van der Waals surface area contributed by atoms with Crippen molar-refractivity contribution in [2.45, 2.75) is 27.6 Å². The van der Waals surface area contributed by atoms with E-state index in [0.29, 0.717) is 5.46 Å². The lowest BCUT2D eigenvalue weighted by atomic mass is 9.77. The molecule has 0 aliphatic heterocycles. The van der Waals surface area contributed by atoms with Gasteiger partial charge in [0, 0.05) is 10.2 Å². The fourth-order valence-corrected chi connectivity index (χ4v) is 1.93. The molecule has 4 N–H and O–H groups in total. The van der Waals surface area contributed by atoms with Crippen LogP contribution < -0.4 is 10.7 Å². The van der Waals surface area contributed by atoms with Gasteiger partial charge in [0.1, 0.15) is 0 Å². The lowest BCUT2D eigenvalue weighted by molar-refractivity contribution is 0.425. The quantitative estimate of drug-likeness (QED) is 0.619. The van der Waals surface area contributed by atoms with Gasteiger partial charge in [0.2, 0.25) is 0 Å². The summed E-state index contributed by atoms with van der Waals surface area (Å²) in [6, 6.07) is 14.8. The molecule has 2 rings (SSSR count). The van der Waals surface area contributed by atoms with Gasteiger partial charge in [0.05, 0.1) is 0 Å². The van der Waals surface area contributed by atoms with Crippen LogP contribution in [0.15, 0.2) is 53.0 Å². The van der Waals surface area contributed by atoms with Crippen molar-refractivity contribution in [3.63, 3.8) is 0 Å². The van der Waals surface area contributed by atoms with E-state index in [2.05, 4.69) is 21.2 Å². The van der Waals surface area contributed by atoms with Crippen LogP contribution in [0.1, 0.15) is 19.4 Å². The highest BCUT2D eigenvalue weighted by Crippen LogP contribution is 2.13. The second kappa shape index (κ2) is 12.2. The maximum atomic E-state index is 8.95. The first-order chi connectivity index (χ1) is 10.9. The fraction of sp³-hybridized carbons (Fsp3) is 0.250. The van der Waals surface area contributed by atoms with E-state index in [1.165, 1.54) is 0 Å². The van der Waals surface area contributed by atoms with E-state index in [1.54, 1.807) is 19.0 Å². The molecule has 2 aromatic carbocycles. The molecule has 23 heavy (non-hydrogen) atoms. The van der Waals surface area contributed by atoms with Crippen molar-refractivity contribution in [2.75, 3.05) is 5.23 Å². The van der Waals surface area contributed by atoms with E-state index in [-0.39, 0.29) is 0 Å². The summed E-state index contributed by atoms with van der Waals surface area (Å²) in [5.74, 6) is 0. The molecule has 7 heteroatoms. The number of anilines is 1. The Labute approximate surface area is 148 Å². The SMILES string of the molecule is CB(O)Nc1ccc(Br)cc1.CC.Cc1ccccc1B(O)O. The van der Waals surface area contributed by atoms with Crippen molar-refractivity contribution in [3.05, 3.63) is 58.6 Å². The second-order valence-corrected chi connectivity index (χ2v) is 5.47. The number of aryl methyl sites for hydroxylation is 1. The Morgan fingerprint density at radius 3 is 1.83 bits per heavy atom. The molecule has 0 unspecified atom stereocenters. The summed E-state index contributed by atoms with van der Waals surface area (Å²) < 4.78 is 1.04. The van der Waals surface area contributed by atoms with Gasteiger partial charge in [-0.2, -0.15) is 0 Å². The largest absolute Gasteiger partial charge is 0.488 e. The first-order valence-corrected chi connectivity index (χ1v) is 8.31. The molecule has 0 spiro atoms. The minimum Gasteiger partial charge on any atom is -0.433 e. The first-order valence-electron chi connectivity index (χ1n) is 7.52. The molecule has 0 aliphatic rings. The third-order valence-electron chi connectivity index (χ3n) is 2.69. The summed E-state index contributed by atoms with van der Waals surface area (Å²) in [7, 11) is -1.85. The lowest BCUT2D eigenvalue weighted by Crippen LogP contribution is -2.31. The number of halogens is 1. The molecule has 124 valence electrons. The Bertz CT molecular complexity index is 551. The van der Waals surface area contributed by atoms with Gasteiger partial charge in [-0.25, -0.2) is 0 Å². The lowest BCUT2D eigenvalue weighted by Gasteiger charge is -2.04. The van der Waals surface area contributed by atoms with Gasteiger partial charge in [0.15, 0.2) is 0 Å². The van der Waals surface area contributed by atoms with Crippen LogP contribution in [0.5, 0.6) is 0 Å². The van der Waals surface area contributed by atoms with Crippen LogP contribution in [-0.4, -0.2) is 29.2 Å². The molecule has 0 saturated carbocycles. The highest BCUT2D eigenvalue weighted by atomic mass is 79.9. The highest BCUT2D eigenvalue weighted by molar-refractivity contribution is 9.10. The van der Waals surface area contributed by atoms with Crippen molar-refractivity contribution in [2.24, 2.45) is 0 Å². The summed E-state index contributed by atoms with van der Waals surface area (Å²) in [5.41, 5.74) is 2.39. The van der Waals surface area contributed by atoms with Gasteiger partial charge in [-0.15, -0.1) is 0 Å². The summed E-state index contributed by atoms with van der Waals surface area (Å²) >= 11 is 3.32. The normalized spacial score (nSPS) is 8.87. The zero-order valence-electron chi connectivity index (χ0n) is 14.0. The van der Waals surface area contributed by atoms with Gasteiger partial charge in [-0.05, 0) is 43.5 Å². The predicted molar refractivity (Wildman–Crippen MR) is 104 cm³/mol. The van der Waals surface area contributed by atoms with Gasteiger partial charge in [-0.1, -0.05) is 59.6 Å². The Hall–Kier alpha value is -1.27. The van der Waals surface area contributed by atoms with Gasteiger partial charge in [0.25, 0.3) is 0 Å². The van der Waals surface area contributed by atoms with Crippen LogP contribution in [-0.2, 0) is 0 Å². The Morgan fingerprint density at radius 2 is 1.43 bits per heavy atom. The number of hydrogen-bond acceptors (Lipinski definition) is 4. The summed E-state index contributed by atoms with van der Waals surface area (Å²) in [6.45, 7) is 7.52. The second-order valence-electron chi connectivity index (χ2n) is 4.56. The summed E-state index contributed by atoms with van der Waals surface area (Å²) in [6.07, 6.45) is 0. The van der Waals surface area contributed by atoms with Crippen LogP contribution in [0, 0.1) is 6.92 Å². The third-order valence-corrected chi connectivity index (χ3v) is 3.22. The number of hydrogen-bond donors (Lipinski definition) is 4. The van der Waals surface area contributed by atoms with Crippen molar-refractivity contribution in [1.82, 2.24) is 0 Å². The number of benzene rings is 2. The van der Waals surface area contributed by atoms with Gasteiger partial charge >= 0.3 is 14.2 Å². The summed E-state index contributed by atoms with van der Waals surface area (Å²) in [5, 5.41) is 29.3. The third kappa shape index (κ3) is 9.46. The predicted octanol–water partition coefficient (Wildman–Crippen LogP) is 2.67. The van der Waals surface area contributed by atoms with E-state index < -0.39 is 14.2 Å². The van der Waals surface area contributed by atoms with Crippen LogP contribution in [0.3, 0.4) is 0 Å². The zero-order valence-corrected chi connectivity index (χ0v) is 15.6. The monoisotopic (exact) mass is 379 g/mol. The highest BCUT2D eigenvalue weighted by Gasteiger charge is 2.11. The van der Waals surface area contributed by atoms with Crippen molar-refractivity contribution >= 4 is 41.2 Å². The first kappa shape index (κ1) is 21.7. The topological polar surface area (TPSA) is 72.7 Å². The Balaban J connectivity index is 0.000000381. The fourth-order valence-electron chi connectivity index (χ4n) is 1.66. The molecule has 0 fully saturated rings. The molecule has 0 heterocycles. The van der Waals surface area contributed by atoms with Crippen LogP contribution in [0.25, 0.3) is 0 Å². The molecule has 0 amide bonds. The van der Waals surface area contributed by atoms with Crippen LogP contribution in [0.4, 0.5) is 5.69 Å². The minimum absolute atomic E-state index is 0.504. The molecule has 0 aromatic heterocycles. The van der Waals surface area contributed by atoms with Crippen LogP contribution >= 0.6 is 15.9 Å². The van der Waals surface area contributed by atoms with Gasteiger partial charge in [-0.3, -0.25) is 0 Å².